The summed E-state index contributed by atoms with van der Waals surface area (Å²) < 4.78 is 0. The van der Waals surface area contributed by atoms with Gasteiger partial charge in [0.05, 0.1) is 0 Å². The quantitative estimate of drug-likeness (QED) is 0.800. The highest BCUT2D eigenvalue weighted by atomic mass is 32.2. The lowest BCUT2D eigenvalue weighted by Crippen LogP contribution is -2.39. The predicted molar refractivity (Wildman–Crippen MR) is 86.4 cm³/mol. The summed E-state index contributed by atoms with van der Waals surface area (Å²) in [6.07, 6.45) is 2.13. The summed E-state index contributed by atoms with van der Waals surface area (Å²) in [5, 5.41) is 9.13. The Morgan fingerprint density at radius 2 is 1.90 bits per heavy atom. The van der Waals surface area contributed by atoms with Crippen LogP contribution in [0.25, 0.3) is 0 Å². The number of benzene rings is 1. The Labute approximate surface area is 125 Å². The molecule has 1 fully saturated rings. The number of hydrogen-bond donors (Lipinski definition) is 3. The first-order valence-corrected chi connectivity index (χ1v) is 8.27. The normalized spacial score (nSPS) is 17.5. The van der Waals surface area contributed by atoms with E-state index in [0.717, 1.165) is 30.0 Å². The zero-order valence-electron chi connectivity index (χ0n) is 12.1. The summed E-state index contributed by atoms with van der Waals surface area (Å²) >= 11 is 1.96. The van der Waals surface area contributed by atoms with E-state index < -0.39 is 0 Å². The fraction of sp³-hybridized carbons (Fsp3) is 0.533. The van der Waals surface area contributed by atoms with Gasteiger partial charge >= 0.3 is 6.03 Å². The summed E-state index contributed by atoms with van der Waals surface area (Å²) in [5.41, 5.74) is 2.04. The monoisotopic (exact) mass is 293 g/mol. The topological polar surface area (TPSA) is 53.2 Å². The van der Waals surface area contributed by atoms with Crippen LogP contribution in [0.4, 0.5) is 10.5 Å². The zero-order chi connectivity index (χ0) is 14.4. The Balaban J connectivity index is 1.84. The number of hydrogen-bond acceptors (Lipinski definition) is 3. The van der Waals surface area contributed by atoms with Crippen molar-refractivity contribution in [2.45, 2.75) is 31.8 Å². The van der Waals surface area contributed by atoms with Gasteiger partial charge < -0.3 is 16.0 Å². The third kappa shape index (κ3) is 4.42. The summed E-state index contributed by atoms with van der Waals surface area (Å²) in [7, 11) is 1.94. The molecule has 1 aliphatic rings. The van der Waals surface area contributed by atoms with Crippen molar-refractivity contribution in [2.24, 2.45) is 0 Å². The van der Waals surface area contributed by atoms with Crippen LogP contribution in [0.15, 0.2) is 24.3 Å². The van der Waals surface area contributed by atoms with E-state index in [1.807, 2.05) is 43.1 Å². The molecule has 0 aliphatic carbocycles. The van der Waals surface area contributed by atoms with Crippen LogP contribution in [0.5, 0.6) is 0 Å². The molecule has 0 radical (unpaired) electrons. The highest BCUT2D eigenvalue weighted by Crippen LogP contribution is 2.18. The molecule has 110 valence electrons. The van der Waals surface area contributed by atoms with E-state index in [0.29, 0.717) is 12.1 Å². The van der Waals surface area contributed by atoms with Crippen LogP contribution in [0, 0.1) is 0 Å². The zero-order valence-corrected chi connectivity index (χ0v) is 12.9. The highest BCUT2D eigenvalue weighted by molar-refractivity contribution is 7.99. The van der Waals surface area contributed by atoms with Gasteiger partial charge in [-0.25, -0.2) is 4.79 Å². The first-order chi connectivity index (χ1) is 9.69. The van der Waals surface area contributed by atoms with Crippen molar-refractivity contribution in [2.75, 3.05) is 23.9 Å². The molecule has 0 aromatic heterocycles. The van der Waals surface area contributed by atoms with Crippen LogP contribution in [0.3, 0.4) is 0 Å². The maximum absolute atomic E-state index is 11.9. The van der Waals surface area contributed by atoms with Crippen molar-refractivity contribution in [1.29, 1.82) is 0 Å². The lowest BCUT2D eigenvalue weighted by Gasteiger charge is -2.22. The molecule has 1 unspecified atom stereocenters. The molecule has 4 nitrogen and oxygen atoms in total. The van der Waals surface area contributed by atoms with E-state index in [1.165, 1.54) is 5.56 Å². The maximum atomic E-state index is 11.9. The van der Waals surface area contributed by atoms with Crippen LogP contribution in [0.2, 0.25) is 0 Å². The Hall–Kier alpha value is -1.20. The number of carbonyl (C=O) groups is 1. The van der Waals surface area contributed by atoms with Gasteiger partial charge in [-0.3, -0.25) is 0 Å². The molecule has 1 aromatic carbocycles. The van der Waals surface area contributed by atoms with Gasteiger partial charge in [0.2, 0.25) is 0 Å². The number of anilines is 1. The minimum absolute atomic E-state index is 0.101. The predicted octanol–water partition coefficient (Wildman–Crippen LogP) is 2.98. The number of amides is 2. The van der Waals surface area contributed by atoms with E-state index in [-0.39, 0.29) is 6.03 Å². The molecular weight excluding hydrogens is 270 g/mol. The molecule has 1 aromatic rings. The third-order valence-electron chi connectivity index (χ3n) is 3.66. The van der Waals surface area contributed by atoms with Crippen molar-refractivity contribution in [1.82, 2.24) is 10.6 Å². The molecule has 3 N–H and O–H groups in total. The van der Waals surface area contributed by atoms with Crippen LogP contribution < -0.4 is 16.0 Å². The van der Waals surface area contributed by atoms with Crippen LogP contribution in [-0.2, 0) is 0 Å². The van der Waals surface area contributed by atoms with Gasteiger partial charge in [0.1, 0.15) is 0 Å². The number of nitrogens with one attached hydrogen (secondary N) is 3. The standard InChI is InChI=1S/C15H23N3OS/c1-11(16-2)12-3-5-13(6-4-12)17-15(19)18-14-7-9-20-10-8-14/h3-6,11,14,16H,7-10H2,1-2H3,(H2,17,18,19). The Morgan fingerprint density at radius 1 is 1.25 bits per heavy atom. The molecule has 1 atom stereocenters. The minimum atomic E-state index is -0.101. The first-order valence-electron chi connectivity index (χ1n) is 7.11. The van der Waals surface area contributed by atoms with Crippen LogP contribution >= 0.6 is 11.8 Å². The van der Waals surface area contributed by atoms with Crippen molar-refractivity contribution >= 4 is 23.5 Å². The second kappa shape index (κ2) is 7.55. The van der Waals surface area contributed by atoms with Crippen LogP contribution in [0.1, 0.15) is 31.4 Å². The van der Waals surface area contributed by atoms with E-state index in [9.17, 15) is 4.79 Å². The summed E-state index contributed by atoms with van der Waals surface area (Å²) in [6, 6.07) is 8.50. The van der Waals surface area contributed by atoms with E-state index in [4.69, 9.17) is 0 Å². The Kier molecular flexibility index (Phi) is 5.73. The van der Waals surface area contributed by atoms with Gasteiger partial charge in [-0.1, -0.05) is 12.1 Å². The second-order valence-corrected chi connectivity index (χ2v) is 6.34. The fourth-order valence-electron chi connectivity index (χ4n) is 2.22. The van der Waals surface area contributed by atoms with Crippen molar-refractivity contribution in [3.8, 4) is 0 Å². The molecule has 2 amide bonds. The highest BCUT2D eigenvalue weighted by Gasteiger charge is 2.15. The largest absolute Gasteiger partial charge is 0.335 e. The maximum Gasteiger partial charge on any atom is 0.319 e. The van der Waals surface area contributed by atoms with E-state index in [2.05, 4.69) is 22.9 Å². The van der Waals surface area contributed by atoms with Crippen molar-refractivity contribution < 1.29 is 4.79 Å². The molecule has 2 rings (SSSR count). The number of thioether (sulfide) groups is 1. The smallest absolute Gasteiger partial charge is 0.319 e. The lowest BCUT2D eigenvalue weighted by molar-refractivity contribution is 0.247. The van der Waals surface area contributed by atoms with Gasteiger partial charge in [0.25, 0.3) is 0 Å². The van der Waals surface area contributed by atoms with Crippen molar-refractivity contribution in [3.05, 3.63) is 29.8 Å². The van der Waals surface area contributed by atoms with Gasteiger partial charge in [0.15, 0.2) is 0 Å². The molecule has 1 saturated heterocycles. The summed E-state index contributed by atoms with van der Waals surface area (Å²) in [6.45, 7) is 2.11. The molecule has 5 heteroatoms. The average Bonchev–Trinajstić information content (AvgIpc) is 2.48. The molecule has 0 bridgehead atoms. The third-order valence-corrected chi connectivity index (χ3v) is 4.71. The minimum Gasteiger partial charge on any atom is -0.335 e. The Bertz CT molecular complexity index is 429. The van der Waals surface area contributed by atoms with E-state index in [1.54, 1.807) is 0 Å². The van der Waals surface area contributed by atoms with Gasteiger partial charge in [-0.15, -0.1) is 0 Å². The molecule has 1 heterocycles. The molecule has 0 saturated carbocycles. The summed E-state index contributed by atoms with van der Waals surface area (Å²) in [4.78, 5) is 11.9. The van der Waals surface area contributed by atoms with Gasteiger partial charge in [-0.2, -0.15) is 11.8 Å². The number of carbonyl (C=O) groups excluding carboxylic acids is 1. The average molecular weight is 293 g/mol. The summed E-state index contributed by atoms with van der Waals surface area (Å²) in [5.74, 6) is 2.28. The molecule has 20 heavy (non-hydrogen) atoms. The number of urea groups is 1. The Morgan fingerprint density at radius 3 is 2.50 bits per heavy atom. The molecular formula is C15H23N3OS. The number of rotatable bonds is 4. The van der Waals surface area contributed by atoms with Gasteiger partial charge in [-0.05, 0) is 56.0 Å². The lowest BCUT2D eigenvalue weighted by atomic mass is 10.1. The van der Waals surface area contributed by atoms with Crippen molar-refractivity contribution in [3.63, 3.8) is 0 Å². The fourth-order valence-corrected chi connectivity index (χ4v) is 3.32. The van der Waals surface area contributed by atoms with E-state index >= 15 is 0 Å². The van der Waals surface area contributed by atoms with Gasteiger partial charge in [0, 0.05) is 17.8 Å². The first kappa shape index (κ1) is 15.2. The molecule has 0 spiro atoms. The molecule has 1 aliphatic heterocycles. The second-order valence-electron chi connectivity index (χ2n) is 5.12. The SMILES string of the molecule is CNC(C)c1ccc(NC(=O)NC2CCSCC2)cc1. The van der Waals surface area contributed by atoms with Crippen LogP contribution in [-0.4, -0.2) is 30.6 Å².